The summed E-state index contributed by atoms with van der Waals surface area (Å²) in [5.74, 6) is 0.408. The Bertz CT molecular complexity index is 1270. The van der Waals surface area contributed by atoms with Crippen LogP contribution in [0.1, 0.15) is 28.4 Å². The molecule has 0 aliphatic carbocycles. The van der Waals surface area contributed by atoms with E-state index in [9.17, 15) is 9.59 Å². The first-order chi connectivity index (χ1) is 17.9. The molecule has 1 aliphatic heterocycles. The van der Waals surface area contributed by atoms with Crippen LogP contribution in [0.2, 0.25) is 0 Å². The minimum Gasteiger partial charge on any atom is -0.497 e. The standard InChI is InChI=1S/C29H34N4O4/c1-5-37-28(34)22-10-12-27(26(18-22)31-29(35)30-23-11-9-20(2)21(3)17-23)33-15-13-32(14-16-33)24-7-6-8-25(19-24)36-4/h6-12,17-19H,5,13-16H2,1-4H3,(H2,30,31,35). The number of ether oxygens (including phenoxy) is 2. The van der Waals surface area contributed by atoms with Crippen molar-refractivity contribution in [3.63, 3.8) is 0 Å². The van der Waals surface area contributed by atoms with Gasteiger partial charge < -0.3 is 29.9 Å². The Kier molecular flexibility index (Phi) is 8.18. The number of nitrogens with one attached hydrogen (secondary N) is 2. The van der Waals surface area contributed by atoms with E-state index < -0.39 is 5.97 Å². The van der Waals surface area contributed by atoms with Crippen molar-refractivity contribution in [2.45, 2.75) is 20.8 Å². The second kappa shape index (κ2) is 11.7. The Balaban J connectivity index is 1.52. The zero-order chi connectivity index (χ0) is 26.4. The second-order valence-corrected chi connectivity index (χ2v) is 9.01. The number of aryl methyl sites for hydroxylation is 2. The molecule has 1 heterocycles. The Morgan fingerprint density at radius 2 is 1.62 bits per heavy atom. The van der Waals surface area contributed by atoms with Crippen LogP contribution in [0.5, 0.6) is 5.75 Å². The van der Waals surface area contributed by atoms with E-state index in [1.54, 1.807) is 26.2 Å². The summed E-state index contributed by atoms with van der Waals surface area (Å²) in [4.78, 5) is 29.9. The third-order valence-electron chi connectivity index (χ3n) is 6.56. The van der Waals surface area contributed by atoms with Gasteiger partial charge in [0.1, 0.15) is 5.75 Å². The minimum absolute atomic E-state index is 0.281. The number of urea groups is 1. The van der Waals surface area contributed by atoms with E-state index in [1.165, 1.54) is 0 Å². The van der Waals surface area contributed by atoms with E-state index in [2.05, 4.69) is 26.5 Å². The van der Waals surface area contributed by atoms with Gasteiger partial charge in [-0.2, -0.15) is 0 Å². The molecule has 0 radical (unpaired) electrons. The molecular formula is C29H34N4O4. The van der Waals surface area contributed by atoms with Crippen molar-refractivity contribution in [2.75, 3.05) is 60.3 Å². The van der Waals surface area contributed by atoms with Crippen molar-refractivity contribution in [3.05, 3.63) is 77.4 Å². The number of piperazine rings is 1. The lowest BCUT2D eigenvalue weighted by Crippen LogP contribution is -2.46. The number of amides is 2. The molecule has 3 aromatic rings. The highest BCUT2D eigenvalue weighted by molar-refractivity contribution is 6.03. The first kappa shape index (κ1) is 25.9. The number of benzene rings is 3. The van der Waals surface area contributed by atoms with Gasteiger partial charge >= 0.3 is 12.0 Å². The summed E-state index contributed by atoms with van der Waals surface area (Å²) in [6, 6.07) is 18.7. The quantitative estimate of drug-likeness (QED) is 0.418. The van der Waals surface area contributed by atoms with Gasteiger partial charge in [-0.05, 0) is 74.4 Å². The van der Waals surface area contributed by atoms with Crippen LogP contribution in [0.25, 0.3) is 0 Å². The van der Waals surface area contributed by atoms with E-state index in [4.69, 9.17) is 9.47 Å². The number of hydrogen-bond acceptors (Lipinski definition) is 6. The number of rotatable bonds is 7. The maximum atomic E-state index is 12.9. The molecule has 1 aliphatic rings. The summed E-state index contributed by atoms with van der Waals surface area (Å²) in [6.07, 6.45) is 0. The van der Waals surface area contributed by atoms with Gasteiger partial charge in [-0.1, -0.05) is 12.1 Å². The van der Waals surface area contributed by atoms with Gasteiger partial charge in [0, 0.05) is 43.6 Å². The van der Waals surface area contributed by atoms with Crippen LogP contribution in [0.3, 0.4) is 0 Å². The predicted molar refractivity (Wildman–Crippen MR) is 148 cm³/mol. The normalized spacial score (nSPS) is 13.2. The lowest BCUT2D eigenvalue weighted by Gasteiger charge is -2.38. The summed E-state index contributed by atoms with van der Waals surface area (Å²) in [7, 11) is 1.67. The fraction of sp³-hybridized carbons (Fsp3) is 0.310. The molecule has 2 N–H and O–H groups in total. The highest BCUT2D eigenvalue weighted by Gasteiger charge is 2.22. The molecule has 3 aromatic carbocycles. The summed E-state index contributed by atoms with van der Waals surface area (Å²) in [5.41, 5.74) is 5.87. The van der Waals surface area contributed by atoms with Gasteiger partial charge in [-0.15, -0.1) is 0 Å². The number of carbonyl (C=O) groups is 2. The van der Waals surface area contributed by atoms with E-state index >= 15 is 0 Å². The molecule has 0 atom stereocenters. The smallest absolute Gasteiger partial charge is 0.338 e. The summed E-state index contributed by atoms with van der Waals surface area (Å²) in [5, 5.41) is 5.85. The Hall–Kier alpha value is -4.20. The molecule has 4 rings (SSSR count). The molecule has 0 spiro atoms. The van der Waals surface area contributed by atoms with Crippen molar-refractivity contribution in [1.29, 1.82) is 0 Å². The first-order valence-corrected chi connectivity index (χ1v) is 12.5. The number of nitrogens with zero attached hydrogens (tertiary/aromatic N) is 2. The molecule has 0 saturated carbocycles. The van der Waals surface area contributed by atoms with Gasteiger partial charge in [-0.25, -0.2) is 9.59 Å². The largest absolute Gasteiger partial charge is 0.497 e. The molecule has 1 saturated heterocycles. The molecule has 1 fully saturated rings. The first-order valence-electron chi connectivity index (χ1n) is 12.5. The van der Waals surface area contributed by atoms with Crippen molar-refractivity contribution < 1.29 is 19.1 Å². The maximum absolute atomic E-state index is 12.9. The molecule has 8 heteroatoms. The fourth-order valence-electron chi connectivity index (χ4n) is 4.37. The van der Waals surface area contributed by atoms with Crippen molar-refractivity contribution >= 4 is 34.7 Å². The van der Waals surface area contributed by atoms with Gasteiger partial charge in [0.05, 0.1) is 30.7 Å². The second-order valence-electron chi connectivity index (χ2n) is 9.01. The van der Waals surface area contributed by atoms with E-state index in [1.807, 2.05) is 56.3 Å². The Morgan fingerprint density at radius 3 is 2.32 bits per heavy atom. The number of carbonyl (C=O) groups excluding carboxylic acids is 2. The van der Waals surface area contributed by atoms with Crippen LogP contribution in [-0.2, 0) is 4.74 Å². The van der Waals surface area contributed by atoms with Crippen molar-refractivity contribution in [1.82, 2.24) is 0 Å². The third-order valence-corrected chi connectivity index (χ3v) is 6.56. The van der Waals surface area contributed by atoms with Gasteiger partial charge in [-0.3, -0.25) is 0 Å². The molecular weight excluding hydrogens is 468 g/mol. The molecule has 37 heavy (non-hydrogen) atoms. The van der Waals surface area contributed by atoms with Crippen molar-refractivity contribution in [2.24, 2.45) is 0 Å². The Labute approximate surface area is 218 Å². The number of hydrogen-bond donors (Lipinski definition) is 2. The molecule has 2 amide bonds. The van der Waals surface area contributed by atoms with E-state index in [-0.39, 0.29) is 12.6 Å². The average Bonchev–Trinajstić information content (AvgIpc) is 2.91. The van der Waals surface area contributed by atoms with E-state index in [0.29, 0.717) is 16.9 Å². The fourth-order valence-corrected chi connectivity index (χ4v) is 4.37. The van der Waals surface area contributed by atoms with Gasteiger partial charge in [0.2, 0.25) is 0 Å². The van der Waals surface area contributed by atoms with Crippen LogP contribution in [-0.4, -0.2) is 51.9 Å². The van der Waals surface area contributed by atoms with Crippen LogP contribution >= 0.6 is 0 Å². The minimum atomic E-state index is -0.422. The highest BCUT2D eigenvalue weighted by Crippen LogP contribution is 2.30. The highest BCUT2D eigenvalue weighted by atomic mass is 16.5. The molecule has 194 valence electrons. The monoisotopic (exact) mass is 502 g/mol. The molecule has 8 nitrogen and oxygen atoms in total. The average molecular weight is 503 g/mol. The summed E-state index contributed by atoms with van der Waals surface area (Å²) in [6.45, 7) is 9.20. The third kappa shape index (κ3) is 6.33. The zero-order valence-electron chi connectivity index (χ0n) is 21.8. The van der Waals surface area contributed by atoms with Crippen LogP contribution in [0.15, 0.2) is 60.7 Å². The number of anilines is 4. The van der Waals surface area contributed by atoms with Crippen LogP contribution in [0.4, 0.5) is 27.5 Å². The predicted octanol–water partition coefficient (Wildman–Crippen LogP) is 5.46. The van der Waals surface area contributed by atoms with Crippen LogP contribution < -0.4 is 25.2 Å². The van der Waals surface area contributed by atoms with Crippen LogP contribution in [0, 0.1) is 13.8 Å². The summed E-state index contributed by atoms with van der Waals surface area (Å²) < 4.78 is 10.5. The maximum Gasteiger partial charge on any atom is 0.338 e. The topological polar surface area (TPSA) is 83.1 Å². The lowest BCUT2D eigenvalue weighted by molar-refractivity contribution is 0.0526. The number of methoxy groups -OCH3 is 1. The SMILES string of the molecule is CCOC(=O)c1ccc(N2CCN(c3cccc(OC)c3)CC2)c(NC(=O)Nc2ccc(C)c(C)c2)c1. The molecule has 0 unspecified atom stereocenters. The molecule has 0 bridgehead atoms. The number of esters is 1. The van der Waals surface area contributed by atoms with Crippen molar-refractivity contribution in [3.8, 4) is 5.75 Å². The Morgan fingerprint density at radius 1 is 0.865 bits per heavy atom. The molecule has 0 aromatic heterocycles. The van der Waals surface area contributed by atoms with Gasteiger partial charge in [0.15, 0.2) is 0 Å². The summed E-state index contributed by atoms with van der Waals surface area (Å²) >= 11 is 0. The van der Waals surface area contributed by atoms with Gasteiger partial charge in [0.25, 0.3) is 0 Å². The van der Waals surface area contributed by atoms with E-state index in [0.717, 1.165) is 54.4 Å². The zero-order valence-corrected chi connectivity index (χ0v) is 21.8. The lowest BCUT2D eigenvalue weighted by atomic mass is 10.1.